The molecule has 0 unspecified atom stereocenters. The summed E-state index contributed by atoms with van der Waals surface area (Å²) in [6.45, 7) is 0. The Kier molecular flexibility index (Phi) is 4.41. The van der Waals surface area contributed by atoms with Crippen LogP contribution in [0.25, 0.3) is 0 Å². The molecule has 22 heavy (non-hydrogen) atoms. The van der Waals surface area contributed by atoms with Crippen LogP contribution in [0.2, 0.25) is 5.02 Å². The minimum Gasteiger partial charge on any atom is -0.256 e. The van der Waals surface area contributed by atoms with Crippen molar-refractivity contribution in [1.82, 2.24) is 4.98 Å². The Bertz CT molecular complexity index is 743. The molecule has 3 nitrogen and oxygen atoms in total. The molecule has 0 bridgehead atoms. The normalized spacial score (nSPS) is 11.7. The molecule has 0 N–H and O–H groups in total. The Morgan fingerprint density at radius 2 is 1.95 bits per heavy atom. The molecule has 0 radical (unpaired) electrons. The van der Waals surface area contributed by atoms with Crippen molar-refractivity contribution in [3.63, 3.8) is 0 Å². The molecule has 0 amide bonds. The predicted molar refractivity (Wildman–Crippen MR) is 75.2 cm³/mol. The van der Waals surface area contributed by atoms with Crippen molar-refractivity contribution in [2.24, 2.45) is 0 Å². The molecule has 0 aliphatic rings. The maximum Gasteiger partial charge on any atom is 0.417 e. The number of aromatic nitrogens is 1. The molecule has 0 spiro atoms. The van der Waals surface area contributed by atoms with Crippen LogP contribution in [0.3, 0.4) is 0 Å². The van der Waals surface area contributed by atoms with E-state index < -0.39 is 17.2 Å². The third-order valence-corrected chi connectivity index (χ3v) is 4.14. The lowest BCUT2D eigenvalue weighted by Gasteiger charge is -2.19. The first-order chi connectivity index (χ1) is 10.3. The van der Waals surface area contributed by atoms with Gasteiger partial charge in [-0.3, -0.25) is 4.98 Å². The number of pyridine rings is 1. The third kappa shape index (κ3) is 3.06. The van der Waals surface area contributed by atoms with Crippen LogP contribution in [-0.2, 0) is 18.0 Å². The van der Waals surface area contributed by atoms with Crippen LogP contribution < -0.4 is 0 Å². The van der Waals surface area contributed by atoms with Crippen molar-refractivity contribution in [1.29, 1.82) is 10.5 Å². The van der Waals surface area contributed by atoms with Crippen LogP contribution in [0.4, 0.5) is 13.2 Å². The quantitative estimate of drug-likeness (QED) is 0.834. The molecule has 0 aromatic carbocycles. The maximum absolute atomic E-state index is 12.6. The SMILES string of the molecule is N#CC(C#N)(Cc1cccs1)c1ncc(C(F)(F)F)cc1Cl. The van der Waals surface area contributed by atoms with Crippen molar-refractivity contribution < 1.29 is 13.2 Å². The van der Waals surface area contributed by atoms with Crippen LogP contribution in [0, 0.1) is 22.7 Å². The summed E-state index contributed by atoms with van der Waals surface area (Å²) < 4.78 is 37.9. The fraction of sp³-hybridized carbons (Fsp3) is 0.214. The van der Waals surface area contributed by atoms with Gasteiger partial charge in [-0.1, -0.05) is 17.7 Å². The molecule has 2 rings (SSSR count). The van der Waals surface area contributed by atoms with Crippen LogP contribution in [0.1, 0.15) is 16.1 Å². The van der Waals surface area contributed by atoms with Gasteiger partial charge in [0.15, 0.2) is 5.41 Å². The number of nitrogens with zero attached hydrogens (tertiary/aromatic N) is 3. The van der Waals surface area contributed by atoms with Gasteiger partial charge in [0.1, 0.15) is 0 Å². The summed E-state index contributed by atoms with van der Waals surface area (Å²) in [4.78, 5) is 4.38. The molecule has 0 fully saturated rings. The number of thiophene rings is 1. The number of halogens is 4. The number of nitriles is 2. The van der Waals surface area contributed by atoms with E-state index in [9.17, 15) is 23.7 Å². The monoisotopic (exact) mass is 341 g/mol. The van der Waals surface area contributed by atoms with E-state index in [-0.39, 0.29) is 17.1 Å². The van der Waals surface area contributed by atoms with E-state index in [2.05, 4.69) is 4.98 Å². The average Bonchev–Trinajstić information content (AvgIpc) is 2.97. The lowest BCUT2D eigenvalue weighted by Crippen LogP contribution is -2.27. The first-order valence-corrected chi connectivity index (χ1v) is 7.16. The highest BCUT2D eigenvalue weighted by Crippen LogP contribution is 2.36. The first kappa shape index (κ1) is 16.3. The van der Waals surface area contributed by atoms with Crippen LogP contribution in [0.5, 0.6) is 0 Å². The van der Waals surface area contributed by atoms with E-state index in [1.54, 1.807) is 17.5 Å². The van der Waals surface area contributed by atoms with Crippen molar-refractivity contribution in [2.45, 2.75) is 18.0 Å². The van der Waals surface area contributed by atoms with E-state index in [4.69, 9.17) is 11.6 Å². The summed E-state index contributed by atoms with van der Waals surface area (Å²) in [5.41, 5.74) is -2.92. The topological polar surface area (TPSA) is 60.5 Å². The van der Waals surface area contributed by atoms with Gasteiger partial charge >= 0.3 is 6.18 Å². The standard InChI is InChI=1S/C14H7ClF3N3S/c15-11-4-9(14(16,17)18)6-21-12(11)13(7-19,8-20)5-10-2-1-3-22-10/h1-4,6H,5H2. The molecule has 0 saturated carbocycles. The lowest BCUT2D eigenvalue weighted by molar-refractivity contribution is -0.137. The minimum atomic E-state index is -4.59. The second kappa shape index (κ2) is 5.96. The summed E-state index contributed by atoms with van der Waals surface area (Å²) >= 11 is 7.19. The van der Waals surface area contributed by atoms with E-state index in [0.29, 0.717) is 12.3 Å². The molecule has 112 valence electrons. The Morgan fingerprint density at radius 3 is 2.41 bits per heavy atom. The van der Waals surface area contributed by atoms with Gasteiger partial charge in [-0.15, -0.1) is 11.3 Å². The molecule has 2 aromatic heterocycles. The average molecular weight is 342 g/mol. The summed E-state index contributed by atoms with van der Waals surface area (Å²) in [5.74, 6) is 0. The highest BCUT2D eigenvalue weighted by atomic mass is 35.5. The van der Waals surface area contributed by atoms with E-state index >= 15 is 0 Å². The van der Waals surface area contributed by atoms with Gasteiger partial charge in [0.25, 0.3) is 0 Å². The summed E-state index contributed by atoms with van der Waals surface area (Å²) in [7, 11) is 0. The van der Waals surface area contributed by atoms with Gasteiger partial charge in [0.2, 0.25) is 0 Å². The number of hydrogen-bond acceptors (Lipinski definition) is 4. The number of rotatable bonds is 3. The number of alkyl halides is 3. The maximum atomic E-state index is 12.6. The second-order valence-electron chi connectivity index (χ2n) is 4.44. The molecule has 0 aliphatic heterocycles. The Balaban J connectivity index is 2.51. The van der Waals surface area contributed by atoms with Gasteiger partial charge in [-0.05, 0) is 17.5 Å². The Morgan fingerprint density at radius 1 is 1.27 bits per heavy atom. The van der Waals surface area contributed by atoms with Crippen molar-refractivity contribution in [3.05, 3.63) is 50.9 Å². The smallest absolute Gasteiger partial charge is 0.256 e. The summed E-state index contributed by atoms with van der Waals surface area (Å²) in [5, 5.41) is 20.2. The van der Waals surface area contributed by atoms with Crippen molar-refractivity contribution in [2.75, 3.05) is 0 Å². The second-order valence-corrected chi connectivity index (χ2v) is 5.88. The zero-order chi connectivity index (χ0) is 16.4. The fourth-order valence-corrected chi connectivity index (χ4v) is 2.99. The molecule has 0 atom stereocenters. The predicted octanol–water partition coefficient (Wildman–Crippen LogP) is 4.34. The van der Waals surface area contributed by atoms with Gasteiger partial charge in [0, 0.05) is 17.5 Å². The van der Waals surface area contributed by atoms with Crippen LogP contribution >= 0.6 is 22.9 Å². The van der Waals surface area contributed by atoms with Gasteiger partial charge in [0.05, 0.1) is 28.4 Å². The zero-order valence-electron chi connectivity index (χ0n) is 10.9. The third-order valence-electron chi connectivity index (χ3n) is 2.97. The molecule has 2 aromatic rings. The van der Waals surface area contributed by atoms with E-state index in [1.807, 2.05) is 12.1 Å². The molecular formula is C14H7ClF3N3S. The van der Waals surface area contributed by atoms with Gasteiger partial charge in [-0.2, -0.15) is 23.7 Å². The largest absolute Gasteiger partial charge is 0.417 e. The highest BCUT2D eigenvalue weighted by Gasteiger charge is 2.39. The molecule has 2 heterocycles. The fourth-order valence-electron chi connectivity index (χ4n) is 1.88. The van der Waals surface area contributed by atoms with Crippen molar-refractivity contribution >= 4 is 22.9 Å². The Labute approximate surface area is 133 Å². The molecule has 0 aliphatic carbocycles. The van der Waals surface area contributed by atoms with Crippen LogP contribution in [-0.4, -0.2) is 4.98 Å². The molecule has 8 heteroatoms. The van der Waals surface area contributed by atoms with Gasteiger partial charge in [-0.25, -0.2) is 0 Å². The summed E-state index contributed by atoms with van der Waals surface area (Å²) in [6, 6.07) is 7.83. The Hall–Kier alpha value is -2.09. The number of hydrogen-bond donors (Lipinski definition) is 0. The van der Waals surface area contributed by atoms with Crippen LogP contribution in [0.15, 0.2) is 29.8 Å². The zero-order valence-corrected chi connectivity index (χ0v) is 12.4. The molecular weight excluding hydrogens is 335 g/mol. The van der Waals surface area contributed by atoms with Crippen molar-refractivity contribution in [3.8, 4) is 12.1 Å². The highest BCUT2D eigenvalue weighted by molar-refractivity contribution is 7.09. The summed E-state index contributed by atoms with van der Waals surface area (Å²) in [6.07, 6.45) is -4.00. The first-order valence-electron chi connectivity index (χ1n) is 5.90. The van der Waals surface area contributed by atoms with E-state index in [1.165, 1.54) is 11.3 Å². The molecule has 0 saturated heterocycles. The minimum absolute atomic E-state index is 0.00967. The van der Waals surface area contributed by atoms with Gasteiger partial charge < -0.3 is 0 Å². The van der Waals surface area contributed by atoms with E-state index in [0.717, 1.165) is 4.88 Å². The lowest BCUT2D eigenvalue weighted by atomic mass is 9.83.